The first-order valence-electron chi connectivity index (χ1n) is 6.14. The summed E-state index contributed by atoms with van der Waals surface area (Å²) >= 11 is 3.15. The highest BCUT2D eigenvalue weighted by Crippen LogP contribution is 2.35. The topological polar surface area (TPSA) is 148 Å². The molecule has 0 aliphatic carbocycles. The molecule has 0 saturated carbocycles. The predicted octanol–water partition coefficient (Wildman–Crippen LogP) is -0.204. The minimum atomic E-state index is -1.33. The van der Waals surface area contributed by atoms with E-state index in [4.69, 9.17) is 15.4 Å². The molecule has 5 atom stereocenters. The maximum Gasteiger partial charge on any atom is 0.326 e. The Morgan fingerprint density at radius 2 is 2.33 bits per heavy atom. The number of carbonyl (C=O) groups excluding carboxylic acids is 2. The average Bonchev–Trinajstić information content (AvgIpc) is 2.77. The zero-order valence-corrected chi connectivity index (χ0v) is 12.6. The summed E-state index contributed by atoms with van der Waals surface area (Å²) in [5.74, 6) is -0.640. The molecule has 2 aliphatic heterocycles. The molecule has 21 heavy (non-hydrogen) atoms. The fourth-order valence-electron chi connectivity index (χ4n) is 2.32. The summed E-state index contributed by atoms with van der Waals surface area (Å²) in [5, 5.41) is 24.5. The fourth-order valence-corrected chi connectivity index (χ4v) is 2.74. The Labute approximate surface area is 127 Å². The van der Waals surface area contributed by atoms with E-state index in [0.717, 1.165) is 4.90 Å². The van der Waals surface area contributed by atoms with E-state index in [9.17, 15) is 14.7 Å². The lowest BCUT2D eigenvalue weighted by molar-refractivity contribution is -0.129. The van der Waals surface area contributed by atoms with Gasteiger partial charge in [-0.05, 0) is 12.5 Å². The largest absolute Gasteiger partial charge is 0.394 e. The third-order valence-electron chi connectivity index (χ3n) is 3.50. The zero-order chi connectivity index (χ0) is 15.8. The third kappa shape index (κ3) is 2.70. The fraction of sp³-hybridized carbons (Fsp3) is 0.800. The second-order valence-corrected chi connectivity index (χ2v) is 6.58. The number of halogens is 1. The molecule has 10 nitrogen and oxygen atoms in total. The van der Waals surface area contributed by atoms with Crippen molar-refractivity contribution in [3.8, 4) is 0 Å². The summed E-state index contributed by atoms with van der Waals surface area (Å²) in [6, 6.07) is -0.787. The van der Waals surface area contributed by atoms with Gasteiger partial charge in [0.1, 0.15) is 22.8 Å². The van der Waals surface area contributed by atoms with E-state index >= 15 is 0 Å². The second kappa shape index (κ2) is 5.78. The van der Waals surface area contributed by atoms with Crippen LogP contribution in [-0.2, 0) is 9.53 Å². The van der Waals surface area contributed by atoms with Crippen LogP contribution in [0.15, 0.2) is 5.11 Å². The van der Waals surface area contributed by atoms with Gasteiger partial charge in [0.15, 0.2) is 0 Å². The van der Waals surface area contributed by atoms with Crippen LogP contribution in [0.2, 0.25) is 0 Å². The molecule has 2 rings (SSSR count). The number of hydrogen-bond acceptors (Lipinski definition) is 6. The Morgan fingerprint density at radius 3 is 2.86 bits per heavy atom. The number of azide groups is 1. The maximum absolute atomic E-state index is 12.0. The van der Waals surface area contributed by atoms with E-state index in [1.54, 1.807) is 0 Å². The average molecular weight is 364 g/mol. The van der Waals surface area contributed by atoms with Crippen LogP contribution in [0.4, 0.5) is 4.79 Å². The molecule has 2 aliphatic rings. The van der Waals surface area contributed by atoms with E-state index in [2.05, 4.69) is 31.3 Å². The lowest BCUT2D eigenvalue weighted by atomic mass is 10.0. The Morgan fingerprint density at radius 1 is 1.67 bits per heavy atom. The number of rotatable bonds is 3. The van der Waals surface area contributed by atoms with Gasteiger partial charge >= 0.3 is 6.03 Å². The first-order chi connectivity index (χ1) is 9.82. The molecule has 2 heterocycles. The van der Waals surface area contributed by atoms with Crippen molar-refractivity contribution in [1.82, 2.24) is 10.2 Å². The van der Waals surface area contributed by atoms with Crippen LogP contribution in [0.1, 0.15) is 13.3 Å². The van der Waals surface area contributed by atoms with Crippen LogP contribution in [0.5, 0.6) is 0 Å². The summed E-state index contributed by atoms with van der Waals surface area (Å²) in [6.45, 7) is 1.04. The van der Waals surface area contributed by atoms with Crippen LogP contribution in [0.3, 0.4) is 0 Å². The van der Waals surface area contributed by atoms with Crippen LogP contribution in [0.25, 0.3) is 10.4 Å². The molecule has 5 unspecified atom stereocenters. The highest BCUT2D eigenvalue weighted by molar-refractivity contribution is 9.10. The van der Waals surface area contributed by atoms with Gasteiger partial charge < -0.3 is 14.9 Å². The van der Waals surface area contributed by atoms with Crippen LogP contribution in [0, 0.1) is 0 Å². The van der Waals surface area contributed by atoms with E-state index in [1.807, 2.05) is 0 Å². The molecular formula is C10H14BrN5O5. The number of nitrogens with zero attached hydrogens (tertiary/aromatic N) is 4. The monoisotopic (exact) mass is 363 g/mol. The number of aliphatic hydroxyl groups is 2. The van der Waals surface area contributed by atoms with Gasteiger partial charge in [-0.3, -0.25) is 15.0 Å². The summed E-state index contributed by atoms with van der Waals surface area (Å²) < 4.78 is 4.05. The second-order valence-electron chi connectivity index (χ2n) is 4.94. The molecule has 116 valence electrons. The molecular weight excluding hydrogens is 350 g/mol. The van der Waals surface area contributed by atoms with Crippen molar-refractivity contribution in [2.24, 2.45) is 5.11 Å². The highest BCUT2D eigenvalue weighted by Gasteiger charge is 2.53. The van der Waals surface area contributed by atoms with Gasteiger partial charge in [0.25, 0.3) is 0 Å². The summed E-state index contributed by atoms with van der Waals surface area (Å²) in [7, 11) is 0. The smallest absolute Gasteiger partial charge is 0.326 e. The van der Waals surface area contributed by atoms with Crippen molar-refractivity contribution in [2.45, 2.75) is 42.3 Å². The van der Waals surface area contributed by atoms with Gasteiger partial charge in [-0.2, -0.15) is 0 Å². The minimum Gasteiger partial charge on any atom is -0.394 e. The molecule has 0 spiro atoms. The summed E-state index contributed by atoms with van der Waals surface area (Å²) in [5.41, 5.74) is 8.67. The number of amides is 3. The van der Waals surface area contributed by atoms with Gasteiger partial charge in [0, 0.05) is 11.3 Å². The Balaban J connectivity index is 2.33. The lowest BCUT2D eigenvalue weighted by Gasteiger charge is -2.43. The molecule has 0 radical (unpaired) electrons. The molecule has 0 aromatic heterocycles. The number of carbonyl (C=O) groups is 2. The van der Waals surface area contributed by atoms with Crippen molar-refractivity contribution in [2.75, 3.05) is 6.61 Å². The molecule has 3 N–H and O–H groups in total. The van der Waals surface area contributed by atoms with Crippen molar-refractivity contribution < 1.29 is 24.5 Å². The first-order valence-corrected chi connectivity index (χ1v) is 6.93. The SMILES string of the molecule is CC1(Br)C(=O)NC(=O)N(C2CC(O)C(CO)O2)C1N=[N+]=[N-]. The molecule has 11 heteroatoms. The summed E-state index contributed by atoms with van der Waals surface area (Å²) in [6.07, 6.45) is -3.85. The van der Waals surface area contributed by atoms with Gasteiger partial charge in [0.2, 0.25) is 5.91 Å². The number of hydrogen-bond donors (Lipinski definition) is 3. The van der Waals surface area contributed by atoms with Crippen molar-refractivity contribution in [1.29, 1.82) is 0 Å². The number of ether oxygens (including phenoxy) is 1. The molecule has 2 saturated heterocycles. The van der Waals surface area contributed by atoms with Crippen LogP contribution in [-0.4, -0.2) is 62.6 Å². The normalized spacial score (nSPS) is 39.9. The summed E-state index contributed by atoms with van der Waals surface area (Å²) in [4.78, 5) is 27.6. The predicted molar refractivity (Wildman–Crippen MR) is 72.0 cm³/mol. The Kier molecular flexibility index (Phi) is 4.40. The van der Waals surface area contributed by atoms with Crippen molar-refractivity contribution in [3.63, 3.8) is 0 Å². The Bertz CT molecular complexity index is 508. The number of imide groups is 1. The van der Waals surface area contributed by atoms with Gasteiger partial charge in [-0.1, -0.05) is 21.0 Å². The lowest BCUT2D eigenvalue weighted by Crippen LogP contribution is -2.67. The number of nitrogens with one attached hydrogen (secondary N) is 1. The van der Waals surface area contributed by atoms with Crippen LogP contribution < -0.4 is 5.32 Å². The van der Waals surface area contributed by atoms with Gasteiger partial charge in [-0.15, -0.1) is 0 Å². The maximum atomic E-state index is 12.0. The molecule has 0 aromatic carbocycles. The minimum absolute atomic E-state index is 0.0351. The number of aliphatic hydroxyl groups excluding tert-OH is 2. The molecule has 3 amide bonds. The van der Waals surface area contributed by atoms with E-state index in [-0.39, 0.29) is 6.42 Å². The quantitative estimate of drug-likeness (QED) is 0.274. The van der Waals surface area contributed by atoms with Crippen LogP contribution >= 0.6 is 15.9 Å². The molecule has 2 fully saturated rings. The number of alkyl halides is 1. The van der Waals surface area contributed by atoms with E-state index in [1.165, 1.54) is 6.92 Å². The number of urea groups is 1. The van der Waals surface area contributed by atoms with Gasteiger partial charge in [-0.25, -0.2) is 4.79 Å². The van der Waals surface area contributed by atoms with E-state index < -0.39 is 47.5 Å². The highest BCUT2D eigenvalue weighted by atomic mass is 79.9. The van der Waals surface area contributed by atoms with Gasteiger partial charge in [0.05, 0.1) is 12.7 Å². The van der Waals surface area contributed by atoms with Crippen molar-refractivity contribution >= 4 is 27.9 Å². The van der Waals surface area contributed by atoms with Crippen molar-refractivity contribution in [3.05, 3.63) is 10.4 Å². The standard InChI is InChI=1S/C10H14BrN5O5/c1-10(11)7(14-15-12)16(9(20)13-8(10)19)6-2-4(18)5(3-17)21-6/h4-7,17-18H,2-3H2,1H3,(H,13,19,20). The molecule has 0 aromatic rings. The first kappa shape index (κ1) is 16.0. The zero-order valence-electron chi connectivity index (χ0n) is 11.0. The third-order valence-corrected chi connectivity index (χ3v) is 4.27. The van der Waals surface area contributed by atoms with E-state index in [0.29, 0.717) is 0 Å². The molecule has 0 bridgehead atoms. The Hall–Kier alpha value is -1.39.